The summed E-state index contributed by atoms with van der Waals surface area (Å²) in [4.78, 5) is 28.9. The maximum Gasteiger partial charge on any atom is 0.202 e. The quantitative estimate of drug-likeness (QED) is 0.110. The molecule has 1 aliphatic carbocycles. The molecular formula is C52H76O24. The van der Waals surface area contributed by atoms with Crippen LogP contribution in [0.2, 0.25) is 0 Å². The molecule has 24 heteroatoms. The van der Waals surface area contributed by atoms with Crippen molar-refractivity contribution in [2.75, 3.05) is 7.11 Å². The van der Waals surface area contributed by atoms with Gasteiger partial charge in [-0.25, -0.2) is 0 Å². The van der Waals surface area contributed by atoms with E-state index in [1.165, 1.54) is 46.9 Å². The van der Waals surface area contributed by atoms with Gasteiger partial charge in [0.15, 0.2) is 36.7 Å². The van der Waals surface area contributed by atoms with Crippen molar-refractivity contribution in [1.82, 2.24) is 0 Å². The number of aliphatic hydroxyl groups excluding tert-OH is 8. The van der Waals surface area contributed by atoms with Gasteiger partial charge in [-0.2, -0.15) is 0 Å². The number of aliphatic hydroxyl groups is 9. The van der Waals surface area contributed by atoms with Gasteiger partial charge in [-0.1, -0.05) is 0 Å². The number of ketones is 2. The number of carbonyl (C=O) groups is 2. The zero-order valence-electron chi connectivity index (χ0n) is 44.0. The average Bonchev–Trinajstić information content (AvgIpc) is 3.38. The Morgan fingerprint density at radius 3 is 1.70 bits per heavy atom. The molecule has 0 amide bonds. The fraction of sp³-hybridized carbons (Fsp3) is 0.769. The van der Waals surface area contributed by atoms with E-state index in [-0.39, 0.29) is 71.7 Å². The second-order valence-corrected chi connectivity index (χ2v) is 21.7. The Kier molecular flexibility index (Phi) is 18.1. The van der Waals surface area contributed by atoms with E-state index in [1.54, 1.807) is 27.7 Å². The first-order valence-electron chi connectivity index (χ1n) is 26.0. The highest BCUT2D eigenvalue weighted by Crippen LogP contribution is 2.47. The van der Waals surface area contributed by atoms with Crippen LogP contribution in [0.3, 0.4) is 0 Å². The van der Waals surface area contributed by atoms with Crippen LogP contribution in [0.1, 0.15) is 102 Å². The van der Waals surface area contributed by atoms with Crippen molar-refractivity contribution in [2.24, 2.45) is 5.92 Å². The van der Waals surface area contributed by atoms with Gasteiger partial charge in [0.05, 0.1) is 77.6 Å². The Labute approximate surface area is 439 Å². The number of phenols is 2. The molecule has 0 bridgehead atoms. The topological polar surface area (TPSA) is 358 Å². The van der Waals surface area contributed by atoms with Crippen LogP contribution in [0, 0.1) is 12.8 Å². The summed E-state index contributed by atoms with van der Waals surface area (Å²) in [6.45, 7) is 12.1. The van der Waals surface area contributed by atoms with Gasteiger partial charge in [0, 0.05) is 50.7 Å². The molecule has 24 unspecified atom stereocenters. The minimum absolute atomic E-state index is 0.0365. The van der Waals surface area contributed by atoms with Crippen molar-refractivity contribution in [3.63, 3.8) is 0 Å². The second kappa shape index (κ2) is 23.4. The van der Waals surface area contributed by atoms with Crippen LogP contribution in [0.25, 0.3) is 10.8 Å². The van der Waals surface area contributed by atoms with Gasteiger partial charge in [-0.15, -0.1) is 0 Å². The van der Waals surface area contributed by atoms with Gasteiger partial charge < -0.3 is 108 Å². The molecule has 24 nitrogen and oxygen atoms in total. The Balaban J connectivity index is 1.04. The van der Waals surface area contributed by atoms with E-state index in [4.69, 9.17) is 52.1 Å². The number of rotatable bonds is 15. The summed E-state index contributed by atoms with van der Waals surface area (Å²) in [5, 5.41) is 120. The fourth-order valence-corrected chi connectivity index (χ4v) is 11.3. The lowest BCUT2D eigenvalue weighted by Gasteiger charge is -2.46. The monoisotopic (exact) mass is 1080 g/mol. The molecule has 25 atom stereocenters. The number of Topliss-reactive ketones (excluding diaryl/α,β-unsaturated/α-hetero) is 2. The minimum atomic E-state index is -1.95. The molecule has 6 aliphatic rings. The molecule has 5 fully saturated rings. The SMILES string of the molecule is COC(C(=O)C(O)C(C)O)C1Cc2cc3cc(OC4CC(OC5CC(O)C(O)C(C)O5)C(O)C(C)O4)c(C)c(O)c3c(O)c2C(=O)C1OC1CC(OC2CC(OC3C[C@](C)(O)C(O)C(C)O3)C(O)C(C)O2)C(O)C(C)O1. The molecule has 5 heterocycles. The molecule has 2 aromatic rings. The van der Waals surface area contributed by atoms with Crippen LogP contribution in [0.4, 0.5) is 0 Å². The molecule has 8 rings (SSSR count). The van der Waals surface area contributed by atoms with Gasteiger partial charge in [0.1, 0.15) is 66.1 Å². The van der Waals surface area contributed by atoms with Crippen molar-refractivity contribution >= 4 is 22.3 Å². The van der Waals surface area contributed by atoms with Gasteiger partial charge in [-0.3, -0.25) is 9.59 Å². The fourth-order valence-electron chi connectivity index (χ4n) is 11.3. The first kappa shape index (κ1) is 58.8. The molecule has 0 spiro atoms. The Morgan fingerprint density at radius 1 is 0.684 bits per heavy atom. The average molecular weight is 1090 g/mol. The highest BCUT2D eigenvalue weighted by molar-refractivity contribution is 6.11. The summed E-state index contributed by atoms with van der Waals surface area (Å²) in [5.74, 6) is -4.07. The highest BCUT2D eigenvalue weighted by atomic mass is 16.7. The number of carbonyl (C=O) groups excluding carboxylic acids is 2. The summed E-state index contributed by atoms with van der Waals surface area (Å²) >= 11 is 0. The Hall–Kier alpha value is -3.32. The lowest BCUT2D eigenvalue weighted by Crippen LogP contribution is -2.58. The van der Waals surface area contributed by atoms with Crippen molar-refractivity contribution in [2.45, 2.75) is 241 Å². The van der Waals surface area contributed by atoms with Crippen molar-refractivity contribution in [3.8, 4) is 17.2 Å². The van der Waals surface area contributed by atoms with Crippen molar-refractivity contribution in [3.05, 3.63) is 28.8 Å². The molecule has 0 saturated carbocycles. The lowest BCUT2D eigenvalue weighted by molar-refractivity contribution is -0.334. The summed E-state index contributed by atoms with van der Waals surface area (Å²) in [6.07, 6.45) is -27.0. The first-order valence-corrected chi connectivity index (χ1v) is 26.0. The number of fused-ring (bicyclic) bond motifs is 2. The third-order valence-electron chi connectivity index (χ3n) is 15.9. The summed E-state index contributed by atoms with van der Waals surface area (Å²) in [6, 6.07) is 3.03. The van der Waals surface area contributed by atoms with Crippen molar-refractivity contribution in [1.29, 1.82) is 0 Å². The molecule has 428 valence electrons. The van der Waals surface area contributed by atoms with Crippen LogP contribution in [0.15, 0.2) is 12.1 Å². The molecule has 76 heavy (non-hydrogen) atoms. The van der Waals surface area contributed by atoms with E-state index >= 15 is 4.79 Å². The Morgan fingerprint density at radius 2 is 1.17 bits per heavy atom. The summed E-state index contributed by atoms with van der Waals surface area (Å²) in [7, 11) is 1.18. The number of aromatic hydroxyl groups is 2. The van der Waals surface area contributed by atoms with Crippen LogP contribution in [-0.4, -0.2) is 222 Å². The second-order valence-electron chi connectivity index (χ2n) is 21.7. The van der Waals surface area contributed by atoms with Gasteiger partial charge >= 0.3 is 0 Å². The third-order valence-corrected chi connectivity index (χ3v) is 15.9. The predicted molar refractivity (Wildman–Crippen MR) is 259 cm³/mol. The van der Waals surface area contributed by atoms with Crippen LogP contribution in [-0.2, 0) is 58.6 Å². The molecule has 11 N–H and O–H groups in total. The predicted octanol–water partition coefficient (Wildman–Crippen LogP) is -0.249. The van der Waals surface area contributed by atoms with Gasteiger partial charge in [0.25, 0.3) is 0 Å². The number of methoxy groups -OCH3 is 1. The van der Waals surface area contributed by atoms with Gasteiger partial charge in [0.2, 0.25) is 6.29 Å². The zero-order valence-corrected chi connectivity index (χ0v) is 44.0. The molecule has 5 aliphatic heterocycles. The van der Waals surface area contributed by atoms with Crippen LogP contribution >= 0.6 is 0 Å². The number of hydrogen-bond acceptors (Lipinski definition) is 24. The van der Waals surface area contributed by atoms with Gasteiger partial charge in [-0.05, 0) is 84.9 Å². The van der Waals surface area contributed by atoms with Crippen LogP contribution < -0.4 is 4.74 Å². The molecule has 0 radical (unpaired) electrons. The standard InChI is InChI=1S/C52H76O24/c1-18-29(72-34-14-30(43(58)21(4)68-34)73-33-13-28(54)42(57)20(3)67-33)12-26-10-25-11-27(49(66-9)48(63)41(56)19(2)53)50(47(62)39(25)46(61)38(26)40(18)55)76-36-16-31(44(59)23(6)70-36)74-35-15-32(45(60)22(5)69-35)75-37-17-52(8,65)51(64)24(7)71-37/h10,12,19-24,27-28,30-37,41-45,49-51,53-61,64-65H,11,13-17H2,1-9H3/t19?,20?,21?,22?,23?,24?,27?,28?,30?,31?,32?,33?,34?,35?,36?,37?,41?,42?,43?,44?,45?,49?,50?,51?,52-/m0/s1. The number of phenolic OH excluding ortho intramolecular Hbond substituents is 2. The Bertz CT molecular complexity index is 2350. The van der Waals surface area contributed by atoms with E-state index in [2.05, 4.69) is 0 Å². The lowest BCUT2D eigenvalue weighted by atomic mass is 9.75. The van der Waals surface area contributed by atoms with Crippen LogP contribution in [0.5, 0.6) is 17.2 Å². The number of benzene rings is 2. The first-order chi connectivity index (χ1) is 35.7. The molecular weight excluding hydrogens is 1010 g/mol. The van der Waals surface area contributed by atoms with E-state index < -0.39 is 176 Å². The maximum atomic E-state index is 15.0. The molecule has 0 aromatic heterocycles. The highest BCUT2D eigenvalue weighted by Gasteiger charge is 2.51. The summed E-state index contributed by atoms with van der Waals surface area (Å²) in [5.41, 5.74) is -1.47. The van der Waals surface area contributed by atoms with E-state index in [9.17, 15) is 61.0 Å². The normalized spacial score (nSPS) is 42.5. The van der Waals surface area contributed by atoms with E-state index in [0.29, 0.717) is 0 Å². The third kappa shape index (κ3) is 11.9. The smallest absolute Gasteiger partial charge is 0.202 e. The van der Waals surface area contributed by atoms with E-state index in [1.807, 2.05) is 0 Å². The van der Waals surface area contributed by atoms with Crippen molar-refractivity contribution < 1.29 is 118 Å². The summed E-state index contributed by atoms with van der Waals surface area (Å²) < 4.78 is 66.5. The maximum absolute atomic E-state index is 15.0. The molecule has 5 saturated heterocycles. The number of ether oxygens (including phenoxy) is 11. The molecule has 2 aromatic carbocycles. The number of hydrogen-bond donors (Lipinski definition) is 11. The zero-order chi connectivity index (χ0) is 55.6. The largest absolute Gasteiger partial charge is 0.507 e. The van der Waals surface area contributed by atoms with E-state index in [0.717, 1.165) is 0 Å². The minimum Gasteiger partial charge on any atom is -0.507 e.